The SMILES string of the molecule is COC(=O)c1ccc(C)c(NS(=O)(=O)c2ccc(Cl)c(Cl)c2)c1. The molecule has 0 bridgehead atoms. The fourth-order valence-corrected chi connectivity index (χ4v) is 3.33. The number of nitrogens with one attached hydrogen (secondary N) is 1. The third kappa shape index (κ3) is 3.96. The Morgan fingerprint density at radius 2 is 1.78 bits per heavy atom. The van der Waals surface area contributed by atoms with Crippen molar-refractivity contribution in [1.29, 1.82) is 0 Å². The molecule has 0 heterocycles. The number of ether oxygens (including phenoxy) is 1. The highest BCUT2D eigenvalue weighted by Gasteiger charge is 2.18. The molecule has 23 heavy (non-hydrogen) atoms. The molecule has 0 amide bonds. The number of rotatable bonds is 4. The first-order valence-corrected chi connectivity index (χ1v) is 8.65. The van der Waals surface area contributed by atoms with Crippen molar-refractivity contribution in [1.82, 2.24) is 0 Å². The van der Waals surface area contributed by atoms with Gasteiger partial charge in [0.05, 0.1) is 33.3 Å². The van der Waals surface area contributed by atoms with E-state index >= 15 is 0 Å². The average molecular weight is 374 g/mol. The van der Waals surface area contributed by atoms with E-state index in [1.807, 2.05) is 0 Å². The van der Waals surface area contributed by atoms with E-state index < -0.39 is 16.0 Å². The Labute approximate surface area is 144 Å². The Morgan fingerprint density at radius 3 is 2.39 bits per heavy atom. The first-order valence-electron chi connectivity index (χ1n) is 6.41. The van der Waals surface area contributed by atoms with Crippen molar-refractivity contribution in [3.05, 3.63) is 57.6 Å². The van der Waals surface area contributed by atoms with Crippen molar-refractivity contribution in [3.63, 3.8) is 0 Å². The summed E-state index contributed by atoms with van der Waals surface area (Å²) in [6.45, 7) is 1.72. The molecule has 2 aromatic carbocycles. The van der Waals surface area contributed by atoms with E-state index in [-0.39, 0.29) is 26.2 Å². The maximum atomic E-state index is 12.4. The number of hydrogen-bond donors (Lipinski definition) is 1. The van der Waals surface area contributed by atoms with Crippen LogP contribution in [0, 0.1) is 6.92 Å². The van der Waals surface area contributed by atoms with Crippen LogP contribution in [0.2, 0.25) is 10.0 Å². The molecule has 0 saturated carbocycles. The van der Waals surface area contributed by atoms with Crippen LogP contribution in [0.3, 0.4) is 0 Å². The van der Waals surface area contributed by atoms with Crippen LogP contribution in [0.15, 0.2) is 41.3 Å². The second kappa shape index (κ2) is 6.78. The van der Waals surface area contributed by atoms with Crippen LogP contribution < -0.4 is 4.72 Å². The van der Waals surface area contributed by atoms with Gasteiger partial charge >= 0.3 is 5.97 Å². The van der Waals surface area contributed by atoms with E-state index in [0.717, 1.165) is 0 Å². The third-order valence-electron chi connectivity index (χ3n) is 3.10. The lowest BCUT2D eigenvalue weighted by atomic mass is 10.1. The van der Waals surface area contributed by atoms with Gasteiger partial charge in [-0.05, 0) is 42.8 Å². The van der Waals surface area contributed by atoms with Gasteiger partial charge in [0.25, 0.3) is 10.0 Å². The summed E-state index contributed by atoms with van der Waals surface area (Å²) in [6.07, 6.45) is 0. The molecule has 1 N–H and O–H groups in total. The minimum Gasteiger partial charge on any atom is -0.465 e. The Balaban J connectivity index is 2.40. The average Bonchev–Trinajstić information content (AvgIpc) is 2.51. The van der Waals surface area contributed by atoms with Gasteiger partial charge < -0.3 is 4.74 Å². The summed E-state index contributed by atoms with van der Waals surface area (Å²) in [4.78, 5) is 11.5. The molecule has 2 rings (SSSR count). The van der Waals surface area contributed by atoms with Crippen LogP contribution in [0.4, 0.5) is 5.69 Å². The number of anilines is 1. The number of aryl methyl sites for hydroxylation is 1. The number of benzene rings is 2. The first kappa shape index (κ1) is 17.6. The van der Waals surface area contributed by atoms with Gasteiger partial charge in [-0.1, -0.05) is 29.3 Å². The Hall–Kier alpha value is -1.76. The van der Waals surface area contributed by atoms with Crippen LogP contribution in [0.1, 0.15) is 15.9 Å². The fourth-order valence-electron chi connectivity index (χ4n) is 1.82. The normalized spacial score (nSPS) is 11.1. The molecule has 0 unspecified atom stereocenters. The molecule has 0 aromatic heterocycles. The van der Waals surface area contributed by atoms with Crippen LogP contribution in [0.25, 0.3) is 0 Å². The molecule has 122 valence electrons. The summed E-state index contributed by atoms with van der Waals surface area (Å²) in [5, 5.41) is 0.393. The Morgan fingerprint density at radius 1 is 1.09 bits per heavy atom. The van der Waals surface area contributed by atoms with Crippen molar-refractivity contribution < 1.29 is 17.9 Å². The van der Waals surface area contributed by atoms with Crippen molar-refractivity contribution >= 4 is 44.9 Å². The summed E-state index contributed by atoms with van der Waals surface area (Å²) in [5.41, 5.74) is 1.17. The van der Waals surface area contributed by atoms with Gasteiger partial charge in [0.15, 0.2) is 0 Å². The largest absolute Gasteiger partial charge is 0.465 e. The summed E-state index contributed by atoms with van der Waals surface area (Å²) in [5.74, 6) is -0.556. The monoisotopic (exact) mass is 373 g/mol. The maximum Gasteiger partial charge on any atom is 0.337 e. The summed E-state index contributed by atoms with van der Waals surface area (Å²) >= 11 is 11.6. The van der Waals surface area contributed by atoms with Gasteiger partial charge in [0.2, 0.25) is 0 Å². The lowest BCUT2D eigenvalue weighted by Gasteiger charge is -2.12. The van der Waals surface area contributed by atoms with E-state index in [1.54, 1.807) is 19.1 Å². The minimum absolute atomic E-state index is 0.0326. The van der Waals surface area contributed by atoms with Crippen molar-refractivity contribution in [2.45, 2.75) is 11.8 Å². The standard InChI is InChI=1S/C15H13Cl2NO4S/c1-9-3-4-10(15(19)22-2)7-14(9)18-23(20,21)11-5-6-12(16)13(17)8-11/h3-8,18H,1-2H3. The molecule has 0 saturated heterocycles. The molecule has 0 aliphatic carbocycles. The Bertz CT molecular complexity index is 866. The van der Waals surface area contributed by atoms with E-state index in [1.165, 1.54) is 31.4 Å². The molecule has 8 heteroatoms. The molecule has 0 aliphatic heterocycles. The topological polar surface area (TPSA) is 72.5 Å². The zero-order valence-corrected chi connectivity index (χ0v) is 14.6. The van der Waals surface area contributed by atoms with E-state index in [0.29, 0.717) is 5.56 Å². The molecule has 0 aliphatic rings. The highest BCUT2D eigenvalue weighted by atomic mass is 35.5. The molecule has 2 aromatic rings. The van der Waals surface area contributed by atoms with Crippen LogP contribution in [-0.2, 0) is 14.8 Å². The highest BCUT2D eigenvalue weighted by Crippen LogP contribution is 2.27. The number of methoxy groups -OCH3 is 1. The second-order valence-electron chi connectivity index (χ2n) is 4.70. The summed E-state index contributed by atoms with van der Waals surface area (Å²) in [6, 6.07) is 8.59. The quantitative estimate of drug-likeness (QED) is 0.825. The van der Waals surface area contributed by atoms with Gasteiger partial charge in [0, 0.05) is 0 Å². The second-order valence-corrected chi connectivity index (χ2v) is 7.20. The van der Waals surface area contributed by atoms with Gasteiger partial charge in [-0.3, -0.25) is 4.72 Å². The summed E-state index contributed by atoms with van der Waals surface area (Å²) < 4.78 is 31.9. The van der Waals surface area contributed by atoms with E-state index in [2.05, 4.69) is 9.46 Å². The van der Waals surface area contributed by atoms with E-state index in [4.69, 9.17) is 23.2 Å². The fraction of sp³-hybridized carbons (Fsp3) is 0.133. The maximum absolute atomic E-state index is 12.4. The van der Waals surface area contributed by atoms with Crippen LogP contribution in [0.5, 0.6) is 0 Å². The lowest BCUT2D eigenvalue weighted by molar-refractivity contribution is 0.0601. The Kier molecular flexibility index (Phi) is 5.19. The third-order valence-corrected chi connectivity index (χ3v) is 5.21. The number of carbonyl (C=O) groups excluding carboxylic acids is 1. The van der Waals surface area contributed by atoms with Crippen LogP contribution in [-0.4, -0.2) is 21.5 Å². The zero-order valence-electron chi connectivity index (χ0n) is 12.3. The number of sulfonamides is 1. The van der Waals surface area contributed by atoms with Crippen molar-refractivity contribution in [3.8, 4) is 0 Å². The molecule has 5 nitrogen and oxygen atoms in total. The van der Waals surface area contributed by atoms with Gasteiger partial charge in [-0.25, -0.2) is 13.2 Å². The molecule has 0 spiro atoms. The number of hydrogen-bond acceptors (Lipinski definition) is 4. The van der Waals surface area contributed by atoms with Crippen molar-refractivity contribution in [2.75, 3.05) is 11.8 Å². The minimum atomic E-state index is -3.87. The molecular formula is C15H13Cl2NO4S. The molecular weight excluding hydrogens is 361 g/mol. The van der Waals surface area contributed by atoms with Gasteiger partial charge in [-0.2, -0.15) is 0 Å². The van der Waals surface area contributed by atoms with Gasteiger partial charge in [-0.15, -0.1) is 0 Å². The number of halogens is 2. The van der Waals surface area contributed by atoms with Gasteiger partial charge in [0.1, 0.15) is 0 Å². The first-order chi connectivity index (χ1) is 10.7. The van der Waals surface area contributed by atoms with Crippen LogP contribution >= 0.6 is 23.2 Å². The molecule has 0 fully saturated rings. The number of carbonyl (C=O) groups is 1. The molecule has 0 radical (unpaired) electrons. The van der Waals surface area contributed by atoms with E-state index in [9.17, 15) is 13.2 Å². The predicted octanol–water partition coefficient (Wildman–Crippen LogP) is 3.89. The predicted molar refractivity (Wildman–Crippen MR) is 89.8 cm³/mol. The summed E-state index contributed by atoms with van der Waals surface area (Å²) in [7, 11) is -2.62. The van der Waals surface area contributed by atoms with Crippen molar-refractivity contribution in [2.24, 2.45) is 0 Å². The lowest BCUT2D eigenvalue weighted by Crippen LogP contribution is -2.14. The smallest absolute Gasteiger partial charge is 0.337 e. The molecule has 0 atom stereocenters. The highest BCUT2D eigenvalue weighted by molar-refractivity contribution is 7.92. The number of esters is 1. The zero-order chi connectivity index (χ0) is 17.2.